The van der Waals surface area contributed by atoms with Crippen molar-refractivity contribution >= 4 is 0 Å². The monoisotopic (exact) mass is 242 g/mol. The Hall–Kier alpha value is -0.640. The van der Waals surface area contributed by atoms with Crippen molar-refractivity contribution in [2.24, 2.45) is 0 Å². The van der Waals surface area contributed by atoms with Crippen LogP contribution in [0.1, 0.15) is 40.5 Å². The van der Waals surface area contributed by atoms with Crippen LogP contribution in [0.25, 0.3) is 0 Å². The minimum Gasteiger partial charge on any atom is -0.392 e. The van der Waals surface area contributed by atoms with E-state index in [9.17, 15) is 0 Å². The van der Waals surface area contributed by atoms with E-state index in [1.54, 1.807) is 0 Å². The predicted octanol–water partition coefficient (Wildman–Crippen LogP) is 3.05. The lowest BCUT2D eigenvalue weighted by molar-refractivity contribution is -0.111. The molecule has 0 radical (unpaired) electrons. The zero-order valence-electron chi connectivity index (χ0n) is 11.5. The molecule has 1 N–H and O–H groups in total. The van der Waals surface area contributed by atoms with Crippen LogP contribution in [0.2, 0.25) is 0 Å². The van der Waals surface area contributed by atoms with Gasteiger partial charge in [0.1, 0.15) is 0 Å². The Labute approximate surface area is 105 Å². The quantitative estimate of drug-likeness (QED) is 0.499. The molecule has 0 amide bonds. The zero-order chi connectivity index (χ0) is 13.1. The molecule has 17 heavy (non-hydrogen) atoms. The molecule has 3 heteroatoms. The van der Waals surface area contributed by atoms with Gasteiger partial charge in [-0.25, -0.2) is 0 Å². The number of ether oxygens (including phenoxy) is 2. The van der Waals surface area contributed by atoms with Crippen LogP contribution in [0.15, 0.2) is 23.3 Å². The molecule has 0 aliphatic rings. The van der Waals surface area contributed by atoms with Gasteiger partial charge in [-0.3, -0.25) is 0 Å². The summed E-state index contributed by atoms with van der Waals surface area (Å²) in [6.45, 7) is 9.41. The van der Waals surface area contributed by atoms with E-state index in [0.29, 0.717) is 13.2 Å². The van der Waals surface area contributed by atoms with Crippen molar-refractivity contribution < 1.29 is 14.6 Å². The van der Waals surface area contributed by atoms with Crippen LogP contribution in [-0.2, 0) is 9.47 Å². The Balaban J connectivity index is 4.15. The molecular formula is C14H26O3. The first-order valence-electron chi connectivity index (χ1n) is 6.32. The van der Waals surface area contributed by atoms with E-state index in [1.165, 1.54) is 5.57 Å². The van der Waals surface area contributed by atoms with Crippen LogP contribution in [0.3, 0.4) is 0 Å². The summed E-state index contributed by atoms with van der Waals surface area (Å²) in [5, 5.41) is 8.74. The second-order valence-electron chi connectivity index (χ2n) is 3.96. The number of hydrogen-bond acceptors (Lipinski definition) is 3. The molecule has 0 saturated carbocycles. The third-order valence-corrected chi connectivity index (χ3v) is 2.45. The molecule has 0 aliphatic carbocycles. The summed E-state index contributed by atoms with van der Waals surface area (Å²) in [6, 6.07) is 0. The van der Waals surface area contributed by atoms with Crippen LogP contribution < -0.4 is 0 Å². The first-order valence-corrected chi connectivity index (χ1v) is 6.32. The van der Waals surface area contributed by atoms with Crippen LogP contribution in [0.4, 0.5) is 0 Å². The Morgan fingerprint density at radius 2 is 1.71 bits per heavy atom. The molecule has 0 unspecified atom stereocenters. The van der Waals surface area contributed by atoms with Gasteiger partial charge in [-0.2, -0.15) is 0 Å². The maximum absolute atomic E-state index is 8.74. The summed E-state index contributed by atoms with van der Waals surface area (Å²) >= 11 is 0. The molecule has 3 nitrogen and oxygen atoms in total. The van der Waals surface area contributed by atoms with Crippen molar-refractivity contribution in [3.63, 3.8) is 0 Å². The van der Waals surface area contributed by atoms with Crippen LogP contribution >= 0.6 is 0 Å². The molecule has 0 aliphatic heterocycles. The summed E-state index contributed by atoms with van der Waals surface area (Å²) in [5.41, 5.74) is 2.33. The van der Waals surface area contributed by atoms with Gasteiger partial charge in [-0.1, -0.05) is 17.7 Å². The van der Waals surface area contributed by atoms with Gasteiger partial charge in [-0.05, 0) is 46.1 Å². The van der Waals surface area contributed by atoms with E-state index in [1.807, 2.05) is 33.8 Å². The fourth-order valence-corrected chi connectivity index (χ4v) is 1.50. The third-order valence-electron chi connectivity index (χ3n) is 2.45. The predicted molar refractivity (Wildman–Crippen MR) is 70.9 cm³/mol. The van der Waals surface area contributed by atoms with E-state index >= 15 is 0 Å². The van der Waals surface area contributed by atoms with E-state index in [2.05, 4.69) is 6.08 Å². The number of rotatable bonds is 9. The highest BCUT2D eigenvalue weighted by atomic mass is 16.7. The lowest BCUT2D eigenvalue weighted by atomic mass is 10.1. The third kappa shape index (κ3) is 8.13. The lowest BCUT2D eigenvalue weighted by Gasteiger charge is -2.17. The van der Waals surface area contributed by atoms with Crippen molar-refractivity contribution in [1.29, 1.82) is 0 Å². The number of aliphatic hydroxyl groups excluding tert-OH is 1. The minimum atomic E-state index is -0.216. The molecule has 0 atom stereocenters. The molecule has 0 aromatic rings. The molecule has 0 aromatic carbocycles. The lowest BCUT2D eigenvalue weighted by Crippen LogP contribution is -2.18. The fourth-order valence-electron chi connectivity index (χ4n) is 1.50. The maximum Gasteiger partial charge on any atom is 0.179 e. The molecule has 0 bridgehead atoms. The highest BCUT2D eigenvalue weighted by molar-refractivity contribution is 5.05. The molecule has 0 fully saturated rings. The summed E-state index contributed by atoms with van der Waals surface area (Å²) in [7, 11) is 0. The van der Waals surface area contributed by atoms with Gasteiger partial charge >= 0.3 is 0 Å². The summed E-state index contributed by atoms with van der Waals surface area (Å²) in [4.78, 5) is 0. The van der Waals surface area contributed by atoms with E-state index in [4.69, 9.17) is 14.6 Å². The van der Waals surface area contributed by atoms with Crippen LogP contribution in [-0.4, -0.2) is 31.2 Å². The van der Waals surface area contributed by atoms with E-state index < -0.39 is 0 Å². The number of hydrogen-bond donors (Lipinski definition) is 1. The molecule has 0 saturated heterocycles. The molecule has 0 heterocycles. The molecule has 100 valence electrons. The first-order chi connectivity index (χ1) is 8.15. The Morgan fingerprint density at radius 3 is 2.18 bits per heavy atom. The SMILES string of the molecule is CCOC(OCC)/C(C)=C/CC/C(C)=C/CO. The van der Waals surface area contributed by atoms with Gasteiger partial charge in [0.2, 0.25) is 0 Å². The normalized spacial score (nSPS) is 13.5. The largest absolute Gasteiger partial charge is 0.392 e. The second-order valence-corrected chi connectivity index (χ2v) is 3.96. The average molecular weight is 242 g/mol. The van der Waals surface area contributed by atoms with Crippen molar-refractivity contribution in [2.45, 2.75) is 46.8 Å². The number of allylic oxidation sites excluding steroid dienone is 2. The Morgan fingerprint density at radius 1 is 1.12 bits per heavy atom. The van der Waals surface area contributed by atoms with Gasteiger partial charge in [0.05, 0.1) is 6.61 Å². The first kappa shape index (κ1) is 16.4. The van der Waals surface area contributed by atoms with Gasteiger partial charge in [0.15, 0.2) is 6.29 Å². The highest BCUT2D eigenvalue weighted by Gasteiger charge is 2.09. The zero-order valence-corrected chi connectivity index (χ0v) is 11.5. The van der Waals surface area contributed by atoms with Crippen molar-refractivity contribution in [3.05, 3.63) is 23.3 Å². The fraction of sp³-hybridized carbons (Fsp3) is 0.714. The van der Waals surface area contributed by atoms with Crippen LogP contribution in [0, 0.1) is 0 Å². The topological polar surface area (TPSA) is 38.7 Å². The highest BCUT2D eigenvalue weighted by Crippen LogP contribution is 2.12. The number of aliphatic hydroxyl groups is 1. The maximum atomic E-state index is 8.74. The van der Waals surface area contributed by atoms with Gasteiger partial charge in [0.25, 0.3) is 0 Å². The standard InChI is InChI=1S/C14H26O3/c1-5-16-14(17-6-2)13(4)9-7-8-12(3)10-11-15/h9-10,14-15H,5-8,11H2,1-4H3/b12-10+,13-9+. The van der Waals surface area contributed by atoms with Gasteiger partial charge < -0.3 is 14.6 Å². The smallest absolute Gasteiger partial charge is 0.179 e. The van der Waals surface area contributed by atoms with Gasteiger partial charge in [0, 0.05) is 13.2 Å². The molecular weight excluding hydrogens is 216 g/mol. The average Bonchev–Trinajstić information content (AvgIpc) is 2.29. The van der Waals surface area contributed by atoms with E-state index in [0.717, 1.165) is 18.4 Å². The summed E-state index contributed by atoms with van der Waals surface area (Å²) < 4.78 is 11.0. The molecule has 0 spiro atoms. The van der Waals surface area contributed by atoms with Gasteiger partial charge in [-0.15, -0.1) is 0 Å². The summed E-state index contributed by atoms with van der Waals surface area (Å²) in [6.07, 6.45) is 5.68. The van der Waals surface area contributed by atoms with Crippen molar-refractivity contribution in [2.75, 3.05) is 19.8 Å². The Bertz CT molecular complexity index is 238. The Kier molecular flexibility index (Phi) is 10.1. The second kappa shape index (κ2) is 10.5. The van der Waals surface area contributed by atoms with Crippen molar-refractivity contribution in [1.82, 2.24) is 0 Å². The van der Waals surface area contributed by atoms with Crippen LogP contribution in [0.5, 0.6) is 0 Å². The molecule has 0 rings (SSSR count). The van der Waals surface area contributed by atoms with Crippen molar-refractivity contribution in [3.8, 4) is 0 Å². The summed E-state index contributed by atoms with van der Waals surface area (Å²) in [5.74, 6) is 0. The minimum absolute atomic E-state index is 0.120. The molecule has 0 aromatic heterocycles. The van der Waals surface area contributed by atoms with E-state index in [-0.39, 0.29) is 12.9 Å².